The van der Waals surface area contributed by atoms with Gasteiger partial charge in [0.2, 0.25) is 0 Å². The van der Waals surface area contributed by atoms with Crippen molar-refractivity contribution in [2.75, 3.05) is 26.7 Å². The summed E-state index contributed by atoms with van der Waals surface area (Å²) in [5.41, 5.74) is -0.805. The lowest BCUT2D eigenvalue weighted by molar-refractivity contribution is -0.125. The van der Waals surface area contributed by atoms with Gasteiger partial charge in [-0.2, -0.15) is 5.10 Å². The fraction of sp³-hybridized carbons (Fsp3) is 0.625. The zero-order valence-corrected chi connectivity index (χ0v) is 14.7. The molecule has 2 aliphatic heterocycles. The van der Waals surface area contributed by atoms with Gasteiger partial charge in [0.25, 0.3) is 5.91 Å². The van der Waals surface area contributed by atoms with Crippen molar-refractivity contribution in [2.24, 2.45) is 10.9 Å². The quantitative estimate of drug-likeness (QED) is 0.396. The van der Waals surface area contributed by atoms with Gasteiger partial charge in [-0.15, -0.1) is 0 Å². The van der Waals surface area contributed by atoms with Gasteiger partial charge in [-0.3, -0.25) is 19.8 Å². The minimum absolute atomic E-state index is 0.123. The highest BCUT2D eigenvalue weighted by Crippen LogP contribution is 2.30. The Bertz CT molecular complexity index is 649. The second kappa shape index (κ2) is 7.12. The molecule has 0 bridgehead atoms. The average Bonchev–Trinajstić information content (AvgIpc) is 3.20. The Labute approximate surface area is 146 Å². The molecule has 1 aromatic heterocycles. The Morgan fingerprint density at radius 2 is 2.20 bits per heavy atom. The molecule has 0 aromatic carbocycles. The van der Waals surface area contributed by atoms with Crippen LogP contribution in [0.2, 0.25) is 0 Å². The molecule has 0 aliphatic carbocycles. The average molecular weight is 347 g/mol. The summed E-state index contributed by atoms with van der Waals surface area (Å²) in [5, 5.41) is 12.7. The summed E-state index contributed by atoms with van der Waals surface area (Å²) in [6, 6.07) is 1.50. The molecular formula is C16H25N7O2. The van der Waals surface area contributed by atoms with Crippen LogP contribution in [0.3, 0.4) is 0 Å². The van der Waals surface area contributed by atoms with Gasteiger partial charge in [0.15, 0.2) is 5.96 Å². The van der Waals surface area contributed by atoms with E-state index in [1.807, 2.05) is 23.9 Å². The van der Waals surface area contributed by atoms with E-state index in [0.717, 1.165) is 45.0 Å². The molecule has 0 spiro atoms. The number of imide groups is 1. The maximum atomic E-state index is 12.1. The molecule has 3 N–H and O–H groups in total. The van der Waals surface area contributed by atoms with E-state index >= 15 is 0 Å². The smallest absolute Gasteiger partial charge is 0.322 e. The number of piperidine rings is 1. The molecule has 2 saturated heterocycles. The highest BCUT2D eigenvalue weighted by molar-refractivity contribution is 6.07. The summed E-state index contributed by atoms with van der Waals surface area (Å²) >= 11 is 0. The monoisotopic (exact) mass is 347 g/mol. The van der Waals surface area contributed by atoms with Crippen LogP contribution in [-0.4, -0.2) is 64.8 Å². The molecule has 2 aliphatic rings. The number of aliphatic imine (C=N–C) groups is 1. The first-order chi connectivity index (χ1) is 12.0. The van der Waals surface area contributed by atoms with Crippen LogP contribution in [0.1, 0.15) is 19.8 Å². The van der Waals surface area contributed by atoms with Crippen LogP contribution in [0.15, 0.2) is 23.5 Å². The van der Waals surface area contributed by atoms with Crippen molar-refractivity contribution < 1.29 is 9.59 Å². The molecule has 3 heterocycles. The molecule has 2 fully saturated rings. The normalized spacial score (nSPS) is 25.0. The number of aromatic nitrogens is 2. The van der Waals surface area contributed by atoms with Crippen LogP contribution in [-0.2, 0) is 11.3 Å². The van der Waals surface area contributed by atoms with Crippen LogP contribution in [0.25, 0.3) is 0 Å². The topological polar surface area (TPSA) is 104 Å². The van der Waals surface area contributed by atoms with Crippen molar-refractivity contribution in [3.05, 3.63) is 18.5 Å². The standard InChI is InChI=1S/C16H25N7O2/c1-16(13(24)20-15(25)21-16)12-4-9-22(10-5-12)14(17-2)18-7-11-23-8-3-6-19-23/h3,6,8,12H,4-5,7,9-11H2,1-2H3,(H,17,18)(H2,20,21,24,25). The van der Waals surface area contributed by atoms with Gasteiger partial charge in [-0.1, -0.05) is 0 Å². The number of rotatable bonds is 4. The van der Waals surface area contributed by atoms with Crippen molar-refractivity contribution in [2.45, 2.75) is 31.8 Å². The minimum Gasteiger partial charge on any atom is -0.354 e. The molecule has 9 nitrogen and oxygen atoms in total. The van der Waals surface area contributed by atoms with Crippen molar-refractivity contribution in [1.82, 2.24) is 30.6 Å². The number of urea groups is 1. The number of nitrogens with zero attached hydrogens (tertiary/aromatic N) is 4. The Balaban J connectivity index is 1.50. The predicted octanol–water partition coefficient (Wildman–Crippen LogP) is -0.231. The SMILES string of the molecule is CN=C(NCCn1cccn1)N1CCC(C2(C)NC(=O)NC2=O)CC1. The van der Waals surface area contributed by atoms with Gasteiger partial charge in [0.1, 0.15) is 5.54 Å². The summed E-state index contributed by atoms with van der Waals surface area (Å²) in [6.45, 7) is 4.91. The number of likely N-dealkylation sites (tertiary alicyclic amines) is 1. The van der Waals surface area contributed by atoms with E-state index < -0.39 is 11.6 Å². The molecule has 1 aromatic rings. The van der Waals surface area contributed by atoms with E-state index in [2.05, 4.69) is 30.9 Å². The maximum absolute atomic E-state index is 12.1. The van der Waals surface area contributed by atoms with Gasteiger partial charge in [-0.25, -0.2) is 4.79 Å². The molecule has 0 saturated carbocycles. The van der Waals surface area contributed by atoms with Crippen molar-refractivity contribution in [3.8, 4) is 0 Å². The van der Waals surface area contributed by atoms with Crippen LogP contribution in [0.4, 0.5) is 4.79 Å². The highest BCUT2D eigenvalue weighted by atomic mass is 16.2. The molecule has 25 heavy (non-hydrogen) atoms. The van der Waals surface area contributed by atoms with E-state index in [1.54, 1.807) is 13.2 Å². The first-order valence-electron chi connectivity index (χ1n) is 8.59. The van der Waals surface area contributed by atoms with Gasteiger partial charge >= 0.3 is 6.03 Å². The first kappa shape index (κ1) is 17.2. The van der Waals surface area contributed by atoms with Gasteiger partial charge < -0.3 is 15.5 Å². The van der Waals surface area contributed by atoms with Crippen molar-refractivity contribution >= 4 is 17.9 Å². The molecule has 3 rings (SSSR count). The van der Waals surface area contributed by atoms with Gasteiger partial charge in [0.05, 0.1) is 6.54 Å². The highest BCUT2D eigenvalue weighted by Gasteiger charge is 2.48. The second-order valence-corrected chi connectivity index (χ2v) is 6.62. The zero-order chi connectivity index (χ0) is 17.9. The summed E-state index contributed by atoms with van der Waals surface area (Å²) in [7, 11) is 1.77. The Morgan fingerprint density at radius 3 is 2.76 bits per heavy atom. The summed E-state index contributed by atoms with van der Waals surface area (Å²) in [5.74, 6) is 0.755. The van der Waals surface area contributed by atoms with Gasteiger partial charge in [-0.05, 0) is 31.7 Å². The fourth-order valence-corrected chi connectivity index (χ4v) is 3.56. The number of guanidine groups is 1. The number of hydrogen-bond donors (Lipinski definition) is 3. The third-order valence-electron chi connectivity index (χ3n) is 5.08. The lowest BCUT2D eigenvalue weighted by Crippen LogP contribution is -2.55. The number of carbonyl (C=O) groups is 2. The largest absolute Gasteiger partial charge is 0.354 e. The molecule has 136 valence electrons. The van der Waals surface area contributed by atoms with E-state index in [1.165, 1.54) is 0 Å². The number of amides is 3. The summed E-state index contributed by atoms with van der Waals surface area (Å²) in [6.07, 6.45) is 5.34. The molecular weight excluding hydrogens is 322 g/mol. The summed E-state index contributed by atoms with van der Waals surface area (Å²) < 4.78 is 1.87. The molecule has 3 amide bonds. The molecule has 1 atom stereocenters. The van der Waals surface area contributed by atoms with Crippen LogP contribution in [0.5, 0.6) is 0 Å². The number of carbonyl (C=O) groups excluding carboxylic acids is 2. The number of nitrogens with one attached hydrogen (secondary N) is 3. The Morgan fingerprint density at radius 1 is 1.44 bits per heavy atom. The third-order valence-corrected chi connectivity index (χ3v) is 5.08. The van der Waals surface area contributed by atoms with E-state index in [-0.39, 0.29) is 11.8 Å². The third kappa shape index (κ3) is 3.59. The second-order valence-electron chi connectivity index (χ2n) is 6.62. The van der Waals surface area contributed by atoms with E-state index in [0.29, 0.717) is 0 Å². The predicted molar refractivity (Wildman–Crippen MR) is 93.0 cm³/mol. The minimum atomic E-state index is -0.805. The van der Waals surface area contributed by atoms with Gasteiger partial charge in [0, 0.05) is 39.1 Å². The van der Waals surface area contributed by atoms with E-state index in [4.69, 9.17) is 0 Å². The van der Waals surface area contributed by atoms with E-state index in [9.17, 15) is 9.59 Å². The number of hydrogen-bond acceptors (Lipinski definition) is 4. The Kier molecular flexibility index (Phi) is 4.91. The van der Waals surface area contributed by atoms with Crippen LogP contribution in [0, 0.1) is 5.92 Å². The zero-order valence-electron chi connectivity index (χ0n) is 14.7. The van der Waals surface area contributed by atoms with Crippen LogP contribution < -0.4 is 16.0 Å². The molecule has 9 heteroatoms. The fourth-order valence-electron chi connectivity index (χ4n) is 3.56. The van der Waals surface area contributed by atoms with Crippen LogP contribution >= 0.6 is 0 Å². The molecule has 0 radical (unpaired) electrons. The van der Waals surface area contributed by atoms with Crippen molar-refractivity contribution in [3.63, 3.8) is 0 Å². The lowest BCUT2D eigenvalue weighted by Gasteiger charge is -2.39. The van der Waals surface area contributed by atoms with Crippen molar-refractivity contribution in [1.29, 1.82) is 0 Å². The Hall–Kier alpha value is -2.58. The lowest BCUT2D eigenvalue weighted by atomic mass is 9.79. The molecule has 1 unspecified atom stereocenters. The maximum Gasteiger partial charge on any atom is 0.322 e. The summed E-state index contributed by atoms with van der Waals surface area (Å²) in [4.78, 5) is 30.1. The first-order valence-corrected chi connectivity index (χ1v) is 8.59.